The maximum atomic E-state index is 14.1. The number of nitrogens with zero attached hydrogens (tertiary/aromatic N) is 10. The van der Waals surface area contributed by atoms with Crippen LogP contribution in [0.5, 0.6) is 0 Å². The minimum absolute atomic E-state index is 0.149. The number of carbonyl (C=O) groups is 10. The van der Waals surface area contributed by atoms with E-state index in [0.717, 1.165) is 39.3 Å². The van der Waals surface area contributed by atoms with E-state index in [0.29, 0.717) is 122 Å². The molecule has 148 heavy (non-hydrogen) atoms. The van der Waals surface area contributed by atoms with Crippen molar-refractivity contribution in [2.24, 2.45) is 0 Å². The molecule has 11 aromatic rings. The normalized spacial score (nSPS) is 15.4. The number of halogens is 6. The number of hydrogen-bond donors (Lipinski definition) is 5. The fraction of sp³-hybridized carbons (Fsp3) is 0.366. The van der Waals surface area contributed by atoms with Gasteiger partial charge in [0.15, 0.2) is 0 Å². The number of carbonyl (C=O) groups excluding carboxylic acids is 10. The van der Waals surface area contributed by atoms with Crippen LogP contribution in [-0.2, 0) is 74.7 Å². The van der Waals surface area contributed by atoms with Gasteiger partial charge in [0, 0.05) is 169 Å². The van der Waals surface area contributed by atoms with Crippen LogP contribution in [0.3, 0.4) is 0 Å². The number of nitrogens with one attached hydrogen (secondary N) is 5. The highest BCUT2D eigenvalue weighted by atomic mass is 19.1. The minimum atomic E-state index is -0.665. The van der Waals surface area contributed by atoms with Crippen molar-refractivity contribution in [3.8, 4) is 11.3 Å². The van der Waals surface area contributed by atoms with Gasteiger partial charge in [0.1, 0.15) is 79.9 Å². The highest BCUT2D eigenvalue weighted by Gasteiger charge is 2.46. The molecule has 36 heteroatoms. The number of aromatic amines is 5. The van der Waals surface area contributed by atoms with Crippen LogP contribution >= 0.6 is 0 Å². The van der Waals surface area contributed by atoms with Crippen molar-refractivity contribution in [3.05, 3.63) is 316 Å². The number of ether oxygens (including phenoxy) is 5. The van der Waals surface area contributed by atoms with Crippen LogP contribution in [0.4, 0.5) is 26.3 Å². The highest BCUT2D eigenvalue weighted by molar-refractivity contribution is 6.21. The molecule has 30 nitrogen and oxygen atoms in total. The van der Waals surface area contributed by atoms with Crippen LogP contribution in [-0.4, -0.2) is 200 Å². The van der Waals surface area contributed by atoms with Gasteiger partial charge in [0.25, 0.3) is 29.5 Å². The Morgan fingerprint density at radius 1 is 0.331 bits per heavy atom. The first-order chi connectivity index (χ1) is 69.6. The molecule has 0 bridgehead atoms. The molecule has 5 amide bonds. The van der Waals surface area contributed by atoms with E-state index >= 15 is 0 Å². The van der Waals surface area contributed by atoms with E-state index in [4.69, 9.17) is 23.7 Å². The lowest BCUT2D eigenvalue weighted by Gasteiger charge is -2.30. The summed E-state index contributed by atoms with van der Waals surface area (Å²) in [5.74, 6) is -6.66. The summed E-state index contributed by atoms with van der Waals surface area (Å²) in [6, 6.07) is 27.2. The van der Waals surface area contributed by atoms with Gasteiger partial charge in [-0.25, -0.2) is 50.3 Å². The van der Waals surface area contributed by atoms with E-state index in [9.17, 15) is 74.3 Å². The number of benzene rings is 6. The number of H-pyrrole nitrogens is 5. The lowest BCUT2D eigenvalue weighted by Crippen LogP contribution is -2.37. The van der Waals surface area contributed by atoms with Crippen LogP contribution in [0.15, 0.2) is 152 Å². The average Bonchev–Trinajstić information content (AvgIpc) is 1.59. The van der Waals surface area contributed by atoms with Gasteiger partial charge >= 0.3 is 29.8 Å². The lowest BCUT2D eigenvalue weighted by atomic mass is 9.80. The van der Waals surface area contributed by atoms with Gasteiger partial charge < -0.3 is 48.2 Å². The van der Waals surface area contributed by atoms with Crippen molar-refractivity contribution in [2.45, 2.75) is 212 Å². The molecule has 5 aliphatic heterocycles. The summed E-state index contributed by atoms with van der Waals surface area (Å²) in [6.07, 6.45) is 8.78. The lowest BCUT2D eigenvalue weighted by molar-refractivity contribution is -0.140. The van der Waals surface area contributed by atoms with E-state index in [1.807, 2.05) is 96.9 Å². The predicted octanol–water partition coefficient (Wildman–Crippen LogP) is 19.9. The van der Waals surface area contributed by atoms with Gasteiger partial charge in [-0.15, -0.1) is 0 Å². The van der Waals surface area contributed by atoms with Gasteiger partial charge in [-0.3, -0.25) is 49.5 Å². The van der Waals surface area contributed by atoms with Crippen molar-refractivity contribution in [1.29, 1.82) is 0 Å². The number of aromatic nitrogens is 10. The van der Waals surface area contributed by atoms with Crippen LogP contribution < -0.4 is 0 Å². The summed E-state index contributed by atoms with van der Waals surface area (Å²) in [7, 11) is 0. The summed E-state index contributed by atoms with van der Waals surface area (Å²) < 4.78 is 108. The quantitative estimate of drug-likeness (QED) is 0.0321. The van der Waals surface area contributed by atoms with Crippen molar-refractivity contribution in [1.82, 2.24) is 75.5 Å². The van der Waals surface area contributed by atoms with Gasteiger partial charge in [0.2, 0.25) is 0 Å². The molecule has 0 saturated carbocycles. The predicted molar refractivity (Wildman–Crippen MR) is 546 cm³/mol. The molecular formula is C112H125F6N15O15. The van der Waals surface area contributed by atoms with E-state index in [-0.39, 0.29) is 131 Å². The molecule has 780 valence electrons. The zero-order valence-electron chi connectivity index (χ0n) is 87.8. The fourth-order valence-corrected chi connectivity index (χ4v) is 18.6. The molecule has 5 aromatic heterocycles. The Morgan fingerprint density at radius 3 is 1.00 bits per heavy atom. The van der Waals surface area contributed by atoms with Crippen molar-refractivity contribution in [2.75, 3.05) is 59.2 Å². The van der Waals surface area contributed by atoms with Gasteiger partial charge in [-0.05, 0) is 233 Å². The molecule has 10 heterocycles. The molecule has 5 N–H and O–H groups in total. The fourth-order valence-electron chi connectivity index (χ4n) is 18.6. The van der Waals surface area contributed by atoms with E-state index in [2.05, 4.69) is 51.0 Å². The Hall–Kier alpha value is -15.7. The Kier molecular flexibility index (Phi) is 33.9. The van der Waals surface area contributed by atoms with Crippen LogP contribution in [0.2, 0.25) is 0 Å². The third-order valence-electron chi connectivity index (χ3n) is 25.7. The molecule has 0 atom stereocenters. The zero-order chi connectivity index (χ0) is 109. The maximum absolute atomic E-state index is 14.1. The maximum Gasteiger partial charge on any atom is 0.342 e. The molecular weight excluding hydrogens is 1910 g/mol. The SMILES string of the molecule is CCOC(=O)C1=CN(C(=O)c2ccc(C)c(F)c2)CC(C)(C)c2c1n[nH]c2C(C)C.CCOC(=O)C1=CN(C(=O)c2ccc(F)c(C)c2)CC(C)(C)c2c(-c3ccc(F)cc3)n[nH]c21.CCOC(=O)C1=CN(C(=O)c2ccc(F)c(C)c2)CC(C)(C)c2c1n[nH]c2C.CCOC(=O)C1=CN(C(=O)c2ccc(F)c(C)c2)CC(C)(C)c2cn[nH]c21.Cc1cc(C(=O)N2C=C(C(=O)OC(C)C)c3n[nH]c(C)c3C(C)(C)C2)ccc1F. The minimum Gasteiger partial charge on any atom is -0.462 e. The summed E-state index contributed by atoms with van der Waals surface area (Å²) >= 11 is 0. The van der Waals surface area contributed by atoms with Crippen LogP contribution in [0.25, 0.3) is 39.1 Å². The summed E-state index contributed by atoms with van der Waals surface area (Å²) in [4.78, 5) is 137. The first-order valence-corrected chi connectivity index (χ1v) is 48.5. The third-order valence-corrected chi connectivity index (χ3v) is 25.7. The monoisotopic (exact) mass is 2030 g/mol. The Morgan fingerprint density at radius 2 is 0.642 bits per heavy atom. The Bertz CT molecular complexity index is 7160. The second kappa shape index (κ2) is 45.1. The van der Waals surface area contributed by atoms with Gasteiger partial charge in [-0.1, -0.05) is 89.2 Å². The van der Waals surface area contributed by atoms with Gasteiger partial charge in [-0.2, -0.15) is 25.5 Å². The summed E-state index contributed by atoms with van der Waals surface area (Å²) in [5, 5.41) is 36.3. The number of aryl methyl sites for hydroxylation is 7. The largest absolute Gasteiger partial charge is 0.462 e. The van der Waals surface area contributed by atoms with Crippen molar-refractivity contribution >= 4 is 87.2 Å². The smallest absolute Gasteiger partial charge is 0.342 e. The molecule has 0 unspecified atom stereocenters. The molecule has 16 rings (SSSR count). The Balaban J connectivity index is 0.000000165. The molecule has 6 aromatic carbocycles. The number of hydrogen-bond acceptors (Lipinski definition) is 20. The van der Waals surface area contributed by atoms with E-state index in [1.54, 1.807) is 107 Å². The number of rotatable bonds is 17. The first kappa shape index (κ1) is 111. The Labute approximate surface area is 855 Å². The van der Waals surface area contributed by atoms with Crippen LogP contribution in [0, 0.1) is 83.4 Å². The number of fused-ring (bicyclic) bond motifs is 5. The van der Waals surface area contributed by atoms with Gasteiger partial charge in [0.05, 0.1) is 55.8 Å². The standard InChI is InChI=1S/C26H25F2N3O3.C23H28FN3O3.C22H26FN3O3.C21H24FN3O3.C20H22FN3O3/c1-5-34-25(33)19-13-31(24(32)17-8-11-20(28)15(2)12-17)14-26(3,4)21-22(29-30-23(19)21)16-6-9-18(27)10-7-16;1-7-30-22(29)16-11-27(21(28)15-9-8-14(4)17(24)10-15)12-23(5,6)18-19(13(2)3)25-26-20(16)18;1-12(2)29-21(28)16-10-26(20(27)15-7-8-17(23)13(3)9-15)11-22(5,6)18-14(4)24-25-19(16)18;1-6-28-20(27)15-10-25(19(26)14-7-8-16(22)12(2)9-14)11-21(4,5)17-13(3)23-24-18(15)17;1-5-27-19(26)14-10-24(11-20(3,4)15-9-22-23-17(14)15)18(25)13-6-7-16(21)12(2)8-13/h6-13H,5,14H2,1-4H3,(H,29,30);8-11,13H,7,12H2,1-6H3,(H,25,26);7-10,12H,11H2,1-6H3,(H,24,25);7-10H,6,11H2,1-5H3,(H,23,24);6-10H,5,11H2,1-4H3,(H,22,23). The summed E-state index contributed by atoms with van der Waals surface area (Å²) in [6.45, 7) is 48.4. The van der Waals surface area contributed by atoms with Crippen molar-refractivity contribution in [3.63, 3.8) is 0 Å². The average molecular weight is 2040 g/mol. The molecule has 5 aliphatic rings. The van der Waals surface area contributed by atoms with E-state index in [1.165, 1.54) is 146 Å². The number of amides is 5. The molecule has 0 fully saturated rings. The molecule has 0 saturated heterocycles. The first-order valence-electron chi connectivity index (χ1n) is 48.5. The molecule has 0 aliphatic carbocycles. The molecule has 0 spiro atoms. The van der Waals surface area contributed by atoms with Crippen LogP contribution in [0.1, 0.15) is 284 Å². The molecule has 0 radical (unpaired) electrons. The summed E-state index contributed by atoms with van der Waals surface area (Å²) in [5.41, 5.74) is 12.5. The third kappa shape index (κ3) is 24.2. The van der Waals surface area contributed by atoms with E-state index < -0.39 is 68.6 Å². The highest BCUT2D eigenvalue weighted by Crippen LogP contribution is 2.46. The topological polar surface area (TPSA) is 376 Å². The second-order valence-corrected chi connectivity index (χ2v) is 40.6. The zero-order valence-corrected chi connectivity index (χ0v) is 87.8. The van der Waals surface area contributed by atoms with Crippen molar-refractivity contribution < 1.29 is 98.0 Å². The second-order valence-electron chi connectivity index (χ2n) is 40.6. The number of esters is 5.